The first-order valence-electron chi connectivity index (χ1n) is 6.98. The van der Waals surface area contributed by atoms with Crippen molar-refractivity contribution in [3.63, 3.8) is 0 Å². The summed E-state index contributed by atoms with van der Waals surface area (Å²) in [6.45, 7) is 4.53. The number of nitrogens with zero attached hydrogens (tertiary/aromatic N) is 1. The minimum Gasteiger partial charge on any atom is -0.477 e. The van der Waals surface area contributed by atoms with E-state index in [0.29, 0.717) is 17.4 Å². The summed E-state index contributed by atoms with van der Waals surface area (Å²) in [5, 5.41) is 9.79. The van der Waals surface area contributed by atoms with E-state index in [4.69, 9.17) is 0 Å². The number of hydrogen-bond donors (Lipinski definition) is 1. The van der Waals surface area contributed by atoms with Crippen molar-refractivity contribution < 1.29 is 9.90 Å². The van der Waals surface area contributed by atoms with Crippen LogP contribution < -0.4 is 5.43 Å². The number of hydrogen-bond acceptors (Lipinski definition) is 2. The average Bonchev–Trinajstić information content (AvgIpc) is 2.45. The number of aryl methyl sites for hydroxylation is 2. The number of rotatable bonds is 5. The quantitative estimate of drug-likeness (QED) is 0.910. The SMILES string of the molecule is CCCCc1ccc2c(c1)c(=O)cc(C(=O)O)n2CC. The predicted molar refractivity (Wildman–Crippen MR) is 79.5 cm³/mol. The maximum absolute atomic E-state index is 12.1. The Labute approximate surface area is 117 Å². The fourth-order valence-electron chi connectivity index (χ4n) is 2.48. The zero-order valence-electron chi connectivity index (χ0n) is 11.8. The average molecular weight is 273 g/mol. The molecule has 0 saturated heterocycles. The van der Waals surface area contributed by atoms with Gasteiger partial charge >= 0.3 is 5.97 Å². The van der Waals surface area contributed by atoms with E-state index in [1.165, 1.54) is 6.07 Å². The lowest BCUT2D eigenvalue weighted by molar-refractivity contribution is 0.0685. The minimum absolute atomic E-state index is 0.0475. The van der Waals surface area contributed by atoms with Gasteiger partial charge < -0.3 is 9.67 Å². The van der Waals surface area contributed by atoms with E-state index in [1.54, 1.807) is 4.57 Å². The number of pyridine rings is 1. The van der Waals surface area contributed by atoms with Crippen LogP contribution in [0.1, 0.15) is 42.7 Å². The van der Waals surface area contributed by atoms with E-state index in [-0.39, 0.29) is 11.1 Å². The molecule has 1 aromatic carbocycles. The number of carboxylic acids is 1. The van der Waals surface area contributed by atoms with Gasteiger partial charge in [-0.3, -0.25) is 4.79 Å². The minimum atomic E-state index is -1.07. The Morgan fingerprint density at radius 2 is 2.00 bits per heavy atom. The van der Waals surface area contributed by atoms with Crippen molar-refractivity contribution >= 4 is 16.9 Å². The molecule has 106 valence electrons. The Morgan fingerprint density at radius 1 is 1.25 bits per heavy atom. The summed E-state index contributed by atoms with van der Waals surface area (Å²) < 4.78 is 1.67. The highest BCUT2D eigenvalue weighted by Crippen LogP contribution is 2.17. The van der Waals surface area contributed by atoms with E-state index in [2.05, 4.69) is 6.92 Å². The van der Waals surface area contributed by atoms with Gasteiger partial charge in [-0.1, -0.05) is 19.4 Å². The van der Waals surface area contributed by atoms with Gasteiger partial charge in [-0.25, -0.2) is 4.79 Å². The third-order valence-electron chi connectivity index (χ3n) is 3.53. The molecule has 0 amide bonds. The molecule has 0 aliphatic carbocycles. The lowest BCUT2D eigenvalue weighted by Gasteiger charge is -2.13. The van der Waals surface area contributed by atoms with E-state index in [9.17, 15) is 14.7 Å². The summed E-state index contributed by atoms with van der Waals surface area (Å²) in [4.78, 5) is 23.3. The molecule has 4 heteroatoms. The molecule has 0 radical (unpaired) electrons. The molecule has 0 spiro atoms. The molecule has 0 aliphatic heterocycles. The fourth-order valence-corrected chi connectivity index (χ4v) is 2.48. The van der Waals surface area contributed by atoms with Crippen LogP contribution in [0.25, 0.3) is 10.9 Å². The second-order valence-corrected chi connectivity index (χ2v) is 4.90. The van der Waals surface area contributed by atoms with Gasteiger partial charge in [-0.05, 0) is 37.5 Å². The molecule has 0 atom stereocenters. The van der Waals surface area contributed by atoms with Crippen molar-refractivity contribution in [1.82, 2.24) is 4.57 Å². The first kappa shape index (κ1) is 14.3. The molecule has 2 rings (SSSR count). The second kappa shape index (κ2) is 5.90. The van der Waals surface area contributed by atoms with Crippen molar-refractivity contribution in [3.8, 4) is 0 Å². The smallest absolute Gasteiger partial charge is 0.352 e. The Balaban J connectivity index is 2.66. The van der Waals surface area contributed by atoms with Crippen LogP contribution in [0.2, 0.25) is 0 Å². The van der Waals surface area contributed by atoms with Crippen LogP contribution in [0, 0.1) is 0 Å². The van der Waals surface area contributed by atoms with Crippen LogP contribution in [0.15, 0.2) is 29.1 Å². The molecule has 0 fully saturated rings. The first-order valence-corrected chi connectivity index (χ1v) is 6.98. The second-order valence-electron chi connectivity index (χ2n) is 4.90. The Hall–Kier alpha value is -2.10. The maximum atomic E-state index is 12.1. The van der Waals surface area contributed by atoms with Crippen molar-refractivity contribution in [2.24, 2.45) is 0 Å². The summed E-state index contributed by atoms with van der Waals surface area (Å²) in [6.07, 6.45) is 3.13. The molecule has 1 aromatic heterocycles. The molecular formula is C16H19NO3. The van der Waals surface area contributed by atoms with Gasteiger partial charge in [0.05, 0.1) is 5.52 Å². The molecule has 2 aromatic rings. The van der Waals surface area contributed by atoms with Crippen molar-refractivity contribution in [2.75, 3.05) is 0 Å². The van der Waals surface area contributed by atoms with E-state index >= 15 is 0 Å². The van der Waals surface area contributed by atoms with Gasteiger partial charge in [-0.2, -0.15) is 0 Å². The molecule has 0 aliphatic rings. The number of carboxylic acid groups (broad SMARTS) is 1. The monoisotopic (exact) mass is 273 g/mol. The molecule has 0 saturated carbocycles. The van der Waals surface area contributed by atoms with E-state index in [1.807, 2.05) is 25.1 Å². The van der Waals surface area contributed by atoms with E-state index < -0.39 is 5.97 Å². The third-order valence-corrected chi connectivity index (χ3v) is 3.53. The Kier molecular flexibility index (Phi) is 4.23. The highest BCUT2D eigenvalue weighted by atomic mass is 16.4. The topological polar surface area (TPSA) is 59.3 Å². The number of aromatic carboxylic acids is 1. The molecule has 4 nitrogen and oxygen atoms in total. The molecular weight excluding hydrogens is 254 g/mol. The number of benzene rings is 1. The van der Waals surface area contributed by atoms with Crippen LogP contribution in [0.5, 0.6) is 0 Å². The fraction of sp³-hybridized carbons (Fsp3) is 0.375. The molecule has 0 bridgehead atoms. The molecule has 20 heavy (non-hydrogen) atoms. The zero-order valence-corrected chi connectivity index (χ0v) is 11.8. The highest BCUT2D eigenvalue weighted by molar-refractivity contribution is 5.90. The van der Waals surface area contributed by atoms with Gasteiger partial charge in [0.25, 0.3) is 0 Å². The number of carbonyl (C=O) groups is 1. The zero-order chi connectivity index (χ0) is 14.7. The lowest BCUT2D eigenvalue weighted by Crippen LogP contribution is -2.17. The van der Waals surface area contributed by atoms with Gasteiger partial charge in [-0.15, -0.1) is 0 Å². The number of fused-ring (bicyclic) bond motifs is 1. The molecule has 1 N–H and O–H groups in total. The molecule has 1 heterocycles. The van der Waals surface area contributed by atoms with Crippen LogP contribution in [-0.2, 0) is 13.0 Å². The predicted octanol–water partition coefficient (Wildman–Crippen LogP) is 3.06. The van der Waals surface area contributed by atoms with Crippen molar-refractivity contribution in [3.05, 3.63) is 45.7 Å². The summed E-state index contributed by atoms with van der Waals surface area (Å²) >= 11 is 0. The van der Waals surface area contributed by atoms with Crippen molar-refractivity contribution in [1.29, 1.82) is 0 Å². The van der Waals surface area contributed by atoms with Gasteiger partial charge in [0.15, 0.2) is 5.43 Å². The largest absolute Gasteiger partial charge is 0.477 e. The summed E-state index contributed by atoms with van der Waals surface area (Å²) in [6, 6.07) is 6.95. The summed E-state index contributed by atoms with van der Waals surface area (Å²) in [7, 11) is 0. The number of aromatic nitrogens is 1. The van der Waals surface area contributed by atoms with Crippen LogP contribution in [0.3, 0.4) is 0 Å². The standard InChI is InChI=1S/C16H19NO3/c1-3-5-6-11-7-8-13-12(9-11)15(18)10-14(16(19)20)17(13)4-2/h7-10H,3-6H2,1-2H3,(H,19,20). The maximum Gasteiger partial charge on any atom is 0.352 e. The highest BCUT2D eigenvalue weighted by Gasteiger charge is 2.13. The normalized spacial score (nSPS) is 10.9. The Bertz CT molecular complexity index is 701. The first-order chi connectivity index (χ1) is 9.58. The Morgan fingerprint density at radius 3 is 2.60 bits per heavy atom. The van der Waals surface area contributed by atoms with E-state index in [0.717, 1.165) is 24.8 Å². The summed E-state index contributed by atoms with van der Waals surface area (Å²) in [5.74, 6) is -1.07. The van der Waals surface area contributed by atoms with Crippen LogP contribution >= 0.6 is 0 Å². The molecule has 0 unspecified atom stereocenters. The van der Waals surface area contributed by atoms with Crippen LogP contribution in [0.4, 0.5) is 0 Å². The van der Waals surface area contributed by atoms with Crippen molar-refractivity contribution in [2.45, 2.75) is 39.7 Å². The third kappa shape index (κ3) is 2.59. The summed E-state index contributed by atoms with van der Waals surface area (Å²) in [5.41, 5.74) is 1.64. The van der Waals surface area contributed by atoms with Gasteiger partial charge in [0.1, 0.15) is 5.69 Å². The van der Waals surface area contributed by atoms with Gasteiger partial charge in [0, 0.05) is 18.0 Å². The lowest BCUT2D eigenvalue weighted by atomic mass is 10.0. The van der Waals surface area contributed by atoms with Gasteiger partial charge in [0.2, 0.25) is 0 Å². The van der Waals surface area contributed by atoms with Crippen LogP contribution in [-0.4, -0.2) is 15.6 Å². The number of unbranched alkanes of at least 4 members (excludes halogenated alkanes) is 1.